The molecule has 0 saturated carbocycles. The lowest BCUT2D eigenvalue weighted by molar-refractivity contribution is -0.750. The lowest BCUT2D eigenvalue weighted by atomic mass is 10.7. The van der Waals surface area contributed by atoms with Crippen LogP contribution in [-0.2, 0) is 0 Å². The third kappa shape index (κ3) is 0.951. The molecule has 0 radical (unpaired) electrons. The molecular weight excluding hydrogens is 110 g/mol. The summed E-state index contributed by atoms with van der Waals surface area (Å²) in [6.07, 6.45) is 0. The first-order valence-electron chi connectivity index (χ1n) is 2.15. The number of hydrogen-bond donors (Lipinski definition) is 1. The lowest BCUT2D eigenvalue weighted by Crippen LogP contribution is -3.06. The van der Waals surface area contributed by atoms with Crippen molar-refractivity contribution in [1.29, 1.82) is 0 Å². The molecule has 1 rings (SSSR count). The molecule has 0 aromatic rings. The van der Waals surface area contributed by atoms with Crippen molar-refractivity contribution in [2.75, 3.05) is 12.3 Å². The molecule has 1 fully saturated rings. The van der Waals surface area contributed by atoms with Crippen molar-refractivity contribution >= 4 is 17.0 Å². The van der Waals surface area contributed by atoms with Crippen LogP contribution in [0, 0.1) is 7.05 Å². The normalized spacial score (nSPS) is 31.6. The average Bonchev–Trinajstić information content (AvgIpc) is 1.91. The van der Waals surface area contributed by atoms with Crippen molar-refractivity contribution in [3.8, 4) is 0 Å². The highest BCUT2D eigenvalue weighted by Crippen LogP contribution is 2.00. The second kappa shape index (κ2) is 1.84. The van der Waals surface area contributed by atoms with Crippen LogP contribution in [0.4, 0.5) is 4.79 Å². The van der Waals surface area contributed by atoms with Crippen molar-refractivity contribution in [2.24, 2.45) is 0 Å². The van der Waals surface area contributed by atoms with E-state index in [4.69, 9.17) is 0 Å². The Kier molecular flexibility index (Phi) is 1.35. The second-order valence-electron chi connectivity index (χ2n) is 1.49. The maximum atomic E-state index is 10.4. The third-order valence-corrected chi connectivity index (χ3v) is 1.88. The van der Waals surface area contributed by atoms with Gasteiger partial charge in [0.15, 0.2) is 0 Å². The lowest BCUT2D eigenvalue weighted by Gasteiger charge is -2.04. The zero-order valence-corrected chi connectivity index (χ0v) is 4.75. The smallest absolute Gasteiger partial charge is 0.347 e. The van der Waals surface area contributed by atoms with E-state index in [0.29, 0.717) is 0 Å². The van der Waals surface area contributed by atoms with E-state index in [0.717, 1.165) is 17.2 Å². The van der Waals surface area contributed by atoms with Crippen LogP contribution in [-0.4, -0.2) is 17.5 Å². The Morgan fingerprint density at radius 1 is 1.86 bits per heavy atom. The van der Waals surface area contributed by atoms with Gasteiger partial charge in [0.2, 0.25) is 0 Å². The van der Waals surface area contributed by atoms with Gasteiger partial charge in [0, 0.05) is 0 Å². The first kappa shape index (κ1) is 5.12. The Balaban J connectivity index is 2.48. The molecule has 1 unspecified atom stereocenters. The van der Waals surface area contributed by atoms with Crippen LogP contribution in [0.1, 0.15) is 0 Å². The van der Waals surface area contributed by atoms with Crippen molar-refractivity contribution in [3.63, 3.8) is 0 Å². The Bertz CT molecular complexity index is 93.7. The molecule has 1 heterocycles. The Hall–Kier alpha value is -0.0200. The zero-order valence-electron chi connectivity index (χ0n) is 3.94. The van der Waals surface area contributed by atoms with Crippen LogP contribution in [0.2, 0.25) is 0 Å². The third-order valence-electron chi connectivity index (χ3n) is 0.926. The van der Waals surface area contributed by atoms with Crippen LogP contribution < -0.4 is 4.90 Å². The number of quaternary nitrogens is 1. The molecule has 1 atom stereocenters. The van der Waals surface area contributed by atoms with Gasteiger partial charge < -0.3 is 4.90 Å². The molecule has 1 aliphatic rings. The van der Waals surface area contributed by atoms with Gasteiger partial charge in [-0.05, 0) is 11.8 Å². The molecule has 3 heteroatoms. The van der Waals surface area contributed by atoms with E-state index in [1.807, 2.05) is 0 Å². The molecule has 0 bridgehead atoms. The van der Waals surface area contributed by atoms with E-state index in [2.05, 4.69) is 7.05 Å². The summed E-state index contributed by atoms with van der Waals surface area (Å²) in [6, 6.07) is 0. The molecule has 7 heavy (non-hydrogen) atoms. The number of carbonyl (C=O) groups is 1. The van der Waals surface area contributed by atoms with E-state index in [1.54, 1.807) is 0 Å². The van der Waals surface area contributed by atoms with Crippen LogP contribution in [0.25, 0.3) is 0 Å². The Morgan fingerprint density at radius 2 is 2.57 bits per heavy atom. The summed E-state index contributed by atoms with van der Waals surface area (Å²) < 4.78 is 0. The minimum absolute atomic E-state index is 0.181. The molecular formula is C4H7NOS. The predicted octanol–water partition coefficient (Wildman–Crippen LogP) is -0.470. The molecule has 0 aliphatic carbocycles. The van der Waals surface area contributed by atoms with Crippen LogP contribution in [0.15, 0.2) is 0 Å². The maximum absolute atomic E-state index is 10.4. The molecule has 0 spiro atoms. The van der Waals surface area contributed by atoms with E-state index < -0.39 is 0 Å². The van der Waals surface area contributed by atoms with Gasteiger partial charge in [0.1, 0.15) is 0 Å². The van der Waals surface area contributed by atoms with Gasteiger partial charge in [-0.1, -0.05) is 0 Å². The summed E-state index contributed by atoms with van der Waals surface area (Å²) in [6.45, 7) is 0.892. The van der Waals surface area contributed by atoms with Gasteiger partial charge in [0.25, 0.3) is 0 Å². The number of thioether (sulfide) groups is 1. The van der Waals surface area contributed by atoms with Gasteiger partial charge in [-0.15, -0.1) is 7.05 Å². The van der Waals surface area contributed by atoms with E-state index in [-0.39, 0.29) is 5.24 Å². The topological polar surface area (TPSA) is 21.5 Å². The number of amides is 1. The minimum atomic E-state index is 0.181. The molecule has 0 aromatic carbocycles. The standard InChI is InChI=1S/C4H7NOS/c1-5-2-3-7-4(5)6/h5H,1-3H2. The number of hydrogen-bond acceptors (Lipinski definition) is 2. The molecule has 1 amide bonds. The summed E-state index contributed by atoms with van der Waals surface area (Å²) in [5.74, 6) is 0.942. The Morgan fingerprint density at radius 3 is 2.71 bits per heavy atom. The first-order chi connectivity index (χ1) is 3.30. The van der Waals surface area contributed by atoms with Gasteiger partial charge in [-0.25, -0.2) is 4.79 Å². The maximum Gasteiger partial charge on any atom is 0.347 e. The first-order valence-corrected chi connectivity index (χ1v) is 3.14. The largest absolute Gasteiger partial charge is 0.393 e. The van der Waals surface area contributed by atoms with Gasteiger partial charge in [-0.2, -0.15) is 0 Å². The monoisotopic (exact) mass is 117 g/mol. The van der Waals surface area contributed by atoms with Gasteiger partial charge in [-0.3, -0.25) is 0 Å². The number of rotatable bonds is 0. The van der Waals surface area contributed by atoms with Crippen molar-refractivity contribution in [1.82, 2.24) is 0 Å². The molecule has 1 saturated heterocycles. The van der Waals surface area contributed by atoms with Crippen LogP contribution >= 0.6 is 11.8 Å². The quantitative estimate of drug-likeness (QED) is 0.433. The van der Waals surface area contributed by atoms with Crippen molar-refractivity contribution < 1.29 is 9.69 Å². The summed E-state index contributed by atoms with van der Waals surface area (Å²) in [7, 11) is 3.56. The summed E-state index contributed by atoms with van der Waals surface area (Å²) in [5.41, 5.74) is 0. The van der Waals surface area contributed by atoms with Crippen LogP contribution in [0.3, 0.4) is 0 Å². The molecule has 2 nitrogen and oxygen atoms in total. The summed E-state index contributed by atoms with van der Waals surface area (Å²) in [5, 5.41) is 0.181. The minimum Gasteiger partial charge on any atom is -0.393 e. The SMILES string of the molecule is [CH2-][NH+]1CCSC1=O. The molecule has 1 N–H and O–H groups in total. The summed E-state index contributed by atoms with van der Waals surface area (Å²) >= 11 is 1.37. The van der Waals surface area contributed by atoms with E-state index in [1.165, 1.54) is 11.8 Å². The average molecular weight is 117 g/mol. The fourth-order valence-corrected chi connectivity index (χ4v) is 1.31. The fourth-order valence-electron chi connectivity index (χ4n) is 0.471. The van der Waals surface area contributed by atoms with E-state index in [9.17, 15) is 4.79 Å². The zero-order chi connectivity index (χ0) is 5.28. The predicted molar refractivity (Wildman–Crippen MR) is 29.0 cm³/mol. The highest BCUT2D eigenvalue weighted by Gasteiger charge is 2.17. The summed E-state index contributed by atoms with van der Waals surface area (Å²) in [4.78, 5) is 11.2. The van der Waals surface area contributed by atoms with Crippen LogP contribution in [0.5, 0.6) is 0 Å². The van der Waals surface area contributed by atoms with Crippen molar-refractivity contribution in [3.05, 3.63) is 7.05 Å². The van der Waals surface area contributed by atoms with Gasteiger partial charge >= 0.3 is 5.24 Å². The highest BCUT2D eigenvalue weighted by molar-refractivity contribution is 8.13. The Labute approximate surface area is 46.9 Å². The molecule has 40 valence electrons. The van der Waals surface area contributed by atoms with E-state index >= 15 is 0 Å². The van der Waals surface area contributed by atoms with Gasteiger partial charge in [0.05, 0.1) is 12.3 Å². The molecule has 1 aliphatic heterocycles. The highest BCUT2D eigenvalue weighted by atomic mass is 32.2. The second-order valence-corrected chi connectivity index (χ2v) is 2.56. The fraction of sp³-hybridized carbons (Fsp3) is 0.500. The number of carbonyl (C=O) groups excluding carboxylic acids is 1. The van der Waals surface area contributed by atoms with Crippen molar-refractivity contribution in [2.45, 2.75) is 0 Å². The molecule has 0 aromatic heterocycles. The number of nitrogens with one attached hydrogen (secondary N) is 1.